The van der Waals surface area contributed by atoms with Crippen molar-refractivity contribution in [3.63, 3.8) is 0 Å². The van der Waals surface area contributed by atoms with Crippen LogP contribution in [0.25, 0.3) is 0 Å². The highest BCUT2D eigenvalue weighted by Gasteiger charge is 2.28. The maximum Gasteiger partial charge on any atom is 0.0949 e. The lowest BCUT2D eigenvalue weighted by molar-refractivity contribution is 0.000785. The first-order valence-corrected chi connectivity index (χ1v) is 4.82. The second-order valence-corrected chi connectivity index (χ2v) is 3.86. The normalized spacial score (nSPS) is 29.0. The molecular formula is C10H16N2O. The van der Waals surface area contributed by atoms with Crippen molar-refractivity contribution in [3.8, 4) is 0 Å². The van der Waals surface area contributed by atoms with Crippen LogP contribution in [0.2, 0.25) is 0 Å². The van der Waals surface area contributed by atoms with Crippen molar-refractivity contribution in [3.05, 3.63) is 24.5 Å². The lowest BCUT2D eigenvalue weighted by atomic mass is 9.94. The summed E-state index contributed by atoms with van der Waals surface area (Å²) in [6, 6.07) is 3.97. The SMILES string of the molecule is OC1(Cn2cccc2)CCCNC1. The van der Waals surface area contributed by atoms with E-state index < -0.39 is 5.60 Å². The molecule has 0 aliphatic carbocycles. The van der Waals surface area contributed by atoms with Gasteiger partial charge in [-0.05, 0) is 31.5 Å². The molecule has 0 bridgehead atoms. The van der Waals surface area contributed by atoms with Crippen molar-refractivity contribution in [2.24, 2.45) is 0 Å². The topological polar surface area (TPSA) is 37.2 Å². The number of hydrogen-bond donors (Lipinski definition) is 2. The highest BCUT2D eigenvalue weighted by atomic mass is 16.3. The summed E-state index contributed by atoms with van der Waals surface area (Å²) in [5, 5.41) is 13.4. The Morgan fingerprint density at radius 1 is 1.38 bits per heavy atom. The molecule has 3 heteroatoms. The minimum atomic E-state index is -0.544. The monoisotopic (exact) mass is 180 g/mol. The van der Waals surface area contributed by atoms with E-state index in [0.29, 0.717) is 13.1 Å². The highest BCUT2D eigenvalue weighted by Crippen LogP contribution is 2.17. The summed E-state index contributed by atoms with van der Waals surface area (Å²) in [6.07, 6.45) is 5.95. The second-order valence-electron chi connectivity index (χ2n) is 3.86. The maximum absolute atomic E-state index is 10.2. The number of nitrogens with one attached hydrogen (secondary N) is 1. The van der Waals surface area contributed by atoms with E-state index in [-0.39, 0.29) is 0 Å². The highest BCUT2D eigenvalue weighted by molar-refractivity contribution is 4.94. The summed E-state index contributed by atoms with van der Waals surface area (Å²) in [7, 11) is 0. The number of aliphatic hydroxyl groups is 1. The zero-order valence-electron chi connectivity index (χ0n) is 7.74. The number of hydrogen-bond acceptors (Lipinski definition) is 2. The van der Waals surface area contributed by atoms with Crippen LogP contribution < -0.4 is 5.32 Å². The quantitative estimate of drug-likeness (QED) is 0.699. The van der Waals surface area contributed by atoms with Crippen LogP contribution in [0.4, 0.5) is 0 Å². The Balaban J connectivity index is 1.99. The lowest BCUT2D eigenvalue weighted by Crippen LogP contribution is -2.48. The molecule has 1 aromatic rings. The van der Waals surface area contributed by atoms with Gasteiger partial charge in [0.15, 0.2) is 0 Å². The minimum absolute atomic E-state index is 0.544. The fourth-order valence-corrected chi connectivity index (χ4v) is 1.90. The van der Waals surface area contributed by atoms with Crippen molar-refractivity contribution in [2.45, 2.75) is 25.0 Å². The first kappa shape index (κ1) is 8.78. The first-order valence-electron chi connectivity index (χ1n) is 4.82. The van der Waals surface area contributed by atoms with Gasteiger partial charge in [-0.15, -0.1) is 0 Å². The predicted octanol–water partition coefficient (Wildman–Crippen LogP) is 0.603. The molecule has 1 aliphatic rings. The molecule has 1 saturated heterocycles. The first-order chi connectivity index (χ1) is 6.29. The molecule has 0 saturated carbocycles. The fourth-order valence-electron chi connectivity index (χ4n) is 1.90. The zero-order chi connectivity index (χ0) is 9.15. The van der Waals surface area contributed by atoms with Crippen molar-refractivity contribution < 1.29 is 5.11 Å². The molecule has 1 unspecified atom stereocenters. The Morgan fingerprint density at radius 3 is 2.77 bits per heavy atom. The van der Waals surface area contributed by atoms with Crippen LogP contribution in [0.5, 0.6) is 0 Å². The van der Waals surface area contributed by atoms with Gasteiger partial charge in [-0.2, -0.15) is 0 Å². The Morgan fingerprint density at radius 2 is 2.15 bits per heavy atom. The van der Waals surface area contributed by atoms with E-state index in [4.69, 9.17) is 0 Å². The molecule has 2 heterocycles. The minimum Gasteiger partial charge on any atom is -0.387 e. The third-order valence-corrected chi connectivity index (χ3v) is 2.59. The Kier molecular flexibility index (Phi) is 2.38. The molecule has 1 fully saturated rings. The smallest absolute Gasteiger partial charge is 0.0949 e. The van der Waals surface area contributed by atoms with Crippen LogP contribution in [0, 0.1) is 0 Å². The molecule has 3 nitrogen and oxygen atoms in total. The van der Waals surface area contributed by atoms with Crippen molar-refractivity contribution in [1.82, 2.24) is 9.88 Å². The molecule has 0 radical (unpaired) electrons. The molecule has 2 rings (SSSR count). The third kappa shape index (κ3) is 2.11. The molecular weight excluding hydrogens is 164 g/mol. The molecule has 72 valence electrons. The van der Waals surface area contributed by atoms with Gasteiger partial charge in [0.1, 0.15) is 0 Å². The van der Waals surface area contributed by atoms with Crippen LogP contribution in [-0.2, 0) is 6.54 Å². The van der Waals surface area contributed by atoms with E-state index in [1.807, 2.05) is 29.1 Å². The molecule has 1 aliphatic heterocycles. The van der Waals surface area contributed by atoms with E-state index in [1.165, 1.54) is 0 Å². The molecule has 13 heavy (non-hydrogen) atoms. The summed E-state index contributed by atoms with van der Waals surface area (Å²) in [5.41, 5.74) is -0.544. The van der Waals surface area contributed by atoms with Gasteiger partial charge in [-0.1, -0.05) is 0 Å². The van der Waals surface area contributed by atoms with Crippen LogP contribution in [0.1, 0.15) is 12.8 Å². The van der Waals surface area contributed by atoms with Crippen molar-refractivity contribution >= 4 is 0 Å². The van der Waals surface area contributed by atoms with Gasteiger partial charge in [0.2, 0.25) is 0 Å². The largest absolute Gasteiger partial charge is 0.387 e. The van der Waals surface area contributed by atoms with Crippen LogP contribution in [-0.4, -0.2) is 28.4 Å². The van der Waals surface area contributed by atoms with E-state index in [0.717, 1.165) is 19.4 Å². The van der Waals surface area contributed by atoms with Gasteiger partial charge in [0, 0.05) is 18.9 Å². The average molecular weight is 180 g/mol. The molecule has 1 aromatic heterocycles. The Labute approximate surface area is 78.4 Å². The van der Waals surface area contributed by atoms with E-state index in [9.17, 15) is 5.11 Å². The number of aromatic nitrogens is 1. The summed E-state index contributed by atoms with van der Waals surface area (Å²) in [4.78, 5) is 0. The van der Waals surface area contributed by atoms with E-state index in [2.05, 4.69) is 5.32 Å². The van der Waals surface area contributed by atoms with Crippen molar-refractivity contribution in [1.29, 1.82) is 0 Å². The number of nitrogens with zero attached hydrogens (tertiary/aromatic N) is 1. The van der Waals surface area contributed by atoms with Crippen LogP contribution in [0.15, 0.2) is 24.5 Å². The van der Waals surface area contributed by atoms with Crippen LogP contribution >= 0.6 is 0 Å². The Bertz CT molecular complexity index is 250. The third-order valence-electron chi connectivity index (χ3n) is 2.59. The molecule has 2 N–H and O–H groups in total. The standard InChI is InChI=1S/C10H16N2O/c13-10(4-3-5-11-8-10)9-12-6-1-2-7-12/h1-2,6-7,11,13H,3-5,8-9H2. The van der Waals surface area contributed by atoms with Crippen LogP contribution in [0.3, 0.4) is 0 Å². The Hall–Kier alpha value is -0.800. The molecule has 0 amide bonds. The lowest BCUT2D eigenvalue weighted by Gasteiger charge is -2.32. The van der Waals surface area contributed by atoms with E-state index >= 15 is 0 Å². The molecule has 0 spiro atoms. The number of rotatable bonds is 2. The number of piperidine rings is 1. The number of β-amino-alcohol motifs (C(OH)–C–C–N with tert-alkyl or cyclic N) is 1. The van der Waals surface area contributed by atoms with E-state index in [1.54, 1.807) is 0 Å². The van der Waals surface area contributed by atoms with Crippen molar-refractivity contribution in [2.75, 3.05) is 13.1 Å². The van der Waals surface area contributed by atoms with Gasteiger partial charge in [0.05, 0.1) is 12.1 Å². The van der Waals surface area contributed by atoms with Gasteiger partial charge >= 0.3 is 0 Å². The molecule has 1 atom stereocenters. The zero-order valence-corrected chi connectivity index (χ0v) is 7.74. The fraction of sp³-hybridized carbons (Fsp3) is 0.600. The summed E-state index contributed by atoms with van der Waals surface area (Å²) in [5.74, 6) is 0. The predicted molar refractivity (Wildman–Crippen MR) is 51.5 cm³/mol. The maximum atomic E-state index is 10.2. The van der Waals surface area contributed by atoms with Gasteiger partial charge in [-0.3, -0.25) is 0 Å². The van der Waals surface area contributed by atoms with Gasteiger partial charge in [-0.25, -0.2) is 0 Å². The van der Waals surface area contributed by atoms with Gasteiger partial charge in [0.25, 0.3) is 0 Å². The van der Waals surface area contributed by atoms with Gasteiger partial charge < -0.3 is 15.0 Å². The summed E-state index contributed by atoms with van der Waals surface area (Å²) >= 11 is 0. The average Bonchev–Trinajstić information content (AvgIpc) is 2.57. The second kappa shape index (κ2) is 3.52. The summed E-state index contributed by atoms with van der Waals surface area (Å²) < 4.78 is 2.03. The summed E-state index contributed by atoms with van der Waals surface area (Å²) in [6.45, 7) is 2.45. The molecule has 0 aromatic carbocycles.